The molecule has 0 amide bonds. The van der Waals surface area contributed by atoms with Crippen LogP contribution in [0.2, 0.25) is 0 Å². The molecule has 2 nitrogen and oxygen atoms in total. The molecule has 1 saturated heterocycles. The summed E-state index contributed by atoms with van der Waals surface area (Å²) in [4.78, 5) is 3.97. The van der Waals surface area contributed by atoms with Crippen molar-refractivity contribution in [1.29, 1.82) is 0 Å². The molecule has 0 spiro atoms. The van der Waals surface area contributed by atoms with Gasteiger partial charge in [0.05, 0.1) is 6.04 Å². The highest BCUT2D eigenvalue weighted by Gasteiger charge is 2.30. The van der Waals surface area contributed by atoms with E-state index in [1.165, 1.54) is 28.7 Å². The van der Waals surface area contributed by atoms with Crippen molar-refractivity contribution in [1.82, 2.24) is 4.90 Å². The molecule has 2 heterocycles. The lowest BCUT2D eigenvalue weighted by atomic mass is 9.93. The van der Waals surface area contributed by atoms with Crippen LogP contribution < -0.4 is 5.73 Å². The molecule has 3 unspecified atom stereocenters. The van der Waals surface area contributed by atoms with E-state index in [1.54, 1.807) is 0 Å². The molecular formula is C13H21BrN2S. The van der Waals surface area contributed by atoms with Crippen molar-refractivity contribution in [2.75, 3.05) is 13.1 Å². The van der Waals surface area contributed by atoms with Crippen molar-refractivity contribution in [3.05, 3.63) is 20.8 Å². The molecule has 0 aliphatic carbocycles. The fraction of sp³-hybridized carbons (Fsp3) is 0.692. The zero-order valence-corrected chi connectivity index (χ0v) is 12.9. The van der Waals surface area contributed by atoms with Crippen molar-refractivity contribution >= 4 is 27.3 Å². The fourth-order valence-electron chi connectivity index (χ4n) is 2.69. The topological polar surface area (TPSA) is 29.3 Å². The number of thiophene rings is 1. The fourth-order valence-corrected chi connectivity index (χ4v) is 4.47. The summed E-state index contributed by atoms with van der Waals surface area (Å²) < 4.78 is 1.21. The SMILES string of the molecule is CC1CCC(C)N(C(CN)c2sccc2Br)C1. The van der Waals surface area contributed by atoms with Crippen LogP contribution in [0.4, 0.5) is 0 Å². The van der Waals surface area contributed by atoms with Crippen molar-refractivity contribution in [3.63, 3.8) is 0 Å². The van der Waals surface area contributed by atoms with E-state index >= 15 is 0 Å². The van der Waals surface area contributed by atoms with E-state index in [0.717, 1.165) is 5.92 Å². The Morgan fingerprint density at radius 2 is 2.29 bits per heavy atom. The van der Waals surface area contributed by atoms with Crippen molar-refractivity contribution in [2.24, 2.45) is 11.7 Å². The van der Waals surface area contributed by atoms with Crippen LogP contribution in [0, 0.1) is 5.92 Å². The number of rotatable bonds is 3. The summed E-state index contributed by atoms with van der Waals surface area (Å²) in [5.74, 6) is 0.791. The molecule has 0 bridgehead atoms. The highest BCUT2D eigenvalue weighted by atomic mass is 79.9. The molecule has 4 heteroatoms. The maximum absolute atomic E-state index is 6.02. The lowest BCUT2D eigenvalue weighted by molar-refractivity contribution is 0.0811. The summed E-state index contributed by atoms with van der Waals surface area (Å²) in [7, 11) is 0. The average Bonchev–Trinajstić information content (AvgIpc) is 2.71. The van der Waals surface area contributed by atoms with Gasteiger partial charge in [-0.05, 0) is 53.1 Å². The van der Waals surface area contributed by atoms with Gasteiger partial charge in [-0.1, -0.05) is 6.92 Å². The molecule has 0 aromatic carbocycles. The zero-order valence-electron chi connectivity index (χ0n) is 10.5. The molecule has 3 atom stereocenters. The van der Waals surface area contributed by atoms with Crippen LogP contribution in [0.5, 0.6) is 0 Å². The number of likely N-dealkylation sites (tertiary alicyclic amines) is 1. The Labute approximate surface area is 116 Å². The first-order valence-electron chi connectivity index (χ1n) is 6.32. The summed E-state index contributed by atoms with van der Waals surface area (Å²) >= 11 is 5.45. The smallest absolute Gasteiger partial charge is 0.0578 e. The Bertz CT molecular complexity index is 366. The summed E-state index contributed by atoms with van der Waals surface area (Å²) in [6, 6.07) is 3.15. The first-order valence-corrected chi connectivity index (χ1v) is 7.99. The Morgan fingerprint density at radius 1 is 1.53 bits per heavy atom. The maximum atomic E-state index is 6.02. The van der Waals surface area contributed by atoms with Gasteiger partial charge in [-0.25, -0.2) is 0 Å². The first kappa shape index (κ1) is 13.5. The molecule has 1 aliphatic rings. The largest absolute Gasteiger partial charge is 0.329 e. The van der Waals surface area contributed by atoms with Crippen LogP contribution in [-0.2, 0) is 0 Å². The van der Waals surface area contributed by atoms with Crippen LogP contribution in [0.15, 0.2) is 15.9 Å². The van der Waals surface area contributed by atoms with E-state index in [4.69, 9.17) is 5.73 Å². The van der Waals surface area contributed by atoms with Crippen molar-refractivity contribution < 1.29 is 0 Å². The number of nitrogens with two attached hydrogens (primary N) is 1. The molecule has 17 heavy (non-hydrogen) atoms. The Hall–Kier alpha value is 0.100. The molecule has 1 aromatic heterocycles. The van der Waals surface area contributed by atoms with Gasteiger partial charge in [0.25, 0.3) is 0 Å². The Balaban J connectivity index is 2.20. The van der Waals surface area contributed by atoms with E-state index in [9.17, 15) is 0 Å². The van der Waals surface area contributed by atoms with Crippen molar-refractivity contribution in [3.8, 4) is 0 Å². The predicted molar refractivity (Wildman–Crippen MR) is 78.4 cm³/mol. The van der Waals surface area contributed by atoms with Crippen LogP contribution in [-0.4, -0.2) is 24.0 Å². The second-order valence-corrected chi connectivity index (χ2v) is 6.91. The van der Waals surface area contributed by atoms with Gasteiger partial charge in [0, 0.05) is 28.5 Å². The molecule has 0 saturated carbocycles. The quantitative estimate of drug-likeness (QED) is 0.922. The van der Waals surface area contributed by atoms with Crippen LogP contribution in [0.1, 0.15) is 37.6 Å². The lowest BCUT2D eigenvalue weighted by Gasteiger charge is -2.41. The number of nitrogens with zero attached hydrogens (tertiary/aromatic N) is 1. The second kappa shape index (κ2) is 5.83. The zero-order chi connectivity index (χ0) is 12.4. The Kier molecular flexibility index (Phi) is 4.64. The minimum Gasteiger partial charge on any atom is -0.329 e. The van der Waals surface area contributed by atoms with Crippen LogP contribution in [0.3, 0.4) is 0 Å². The van der Waals surface area contributed by atoms with E-state index in [2.05, 4.69) is 46.1 Å². The van der Waals surface area contributed by atoms with Gasteiger partial charge in [0.15, 0.2) is 0 Å². The van der Waals surface area contributed by atoms with Crippen LogP contribution >= 0.6 is 27.3 Å². The second-order valence-electron chi connectivity index (χ2n) is 5.11. The number of halogens is 1. The van der Waals surface area contributed by atoms with Gasteiger partial charge in [-0.2, -0.15) is 0 Å². The maximum Gasteiger partial charge on any atom is 0.0578 e. The number of hydrogen-bond donors (Lipinski definition) is 1. The minimum atomic E-state index is 0.377. The normalized spacial score (nSPS) is 28.2. The molecule has 1 aromatic rings. The summed E-state index contributed by atoms with van der Waals surface area (Å²) in [5, 5.41) is 2.14. The Morgan fingerprint density at radius 3 is 2.88 bits per heavy atom. The van der Waals surface area contributed by atoms with Crippen molar-refractivity contribution in [2.45, 2.75) is 38.8 Å². The van der Waals surface area contributed by atoms with E-state index in [0.29, 0.717) is 18.6 Å². The molecule has 2 rings (SSSR count). The summed E-state index contributed by atoms with van der Waals surface area (Å²) in [5.41, 5.74) is 6.02. The molecule has 96 valence electrons. The van der Waals surface area contributed by atoms with Crippen LogP contribution in [0.25, 0.3) is 0 Å². The predicted octanol–water partition coefficient (Wildman–Crippen LogP) is 3.63. The minimum absolute atomic E-state index is 0.377. The third kappa shape index (κ3) is 2.92. The summed E-state index contributed by atoms with van der Waals surface area (Å²) in [6.45, 7) is 6.55. The molecular weight excluding hydrogens is 296 g/mol. The third-order valence-electron chi connectivity index (χ3n) is 3.74. The van der Waals surface area contributed by atoms with Gasteiger partial charge in [-0.15, -0.1) is 11.3 Å². The molecule has 2 N–H and O–H groups in total. The third-order valence-corrected chi connectivity index (χ3v) is 5.71. The van der Waals surface area contributed by atoms with Gasteiger partial charge >= 0.3 is 0 Å². The van der Waals surface area contributed by atoms with Gasteiger partial charge < -0.3 is 5.73 Å². The standard InChI is InChI=1S/C13H21BrN2S/c1-9-3-4-10(2)16(8-9)12(7-15)13-11(14)5-6-17-13/h5-6,9-10,12H,3-4,7-8,15H2,1-2H3. The van der Waals surface area contributed by atoms with E-state index < -0.39 is 0 Å². The van der Waals surface area contributed by atoms with E-state index in [1.807, 2.05) is 11.3 Å². The van der Waals surface area contributed by atoms with Gasteiger partial charge in [-0.3, -0.25) is 4.90 Å². The number of piperidine rings is 1. The highest BCUT2D eigenvalue weighted by Crippen LogP contribution is 2.36. The lowest BCUT2D eigenvalue weighted by Crippen LogP contribution is -2.45. The van der Waals surface area contributed by atoms with Gasteiger partial charge in [0.2, 0.25) is 0 Å². The molecule has 0 radical (unpaired) electrons. The molecule has 1 aliphatic heterocycles. The number of hydrogen-bond acceptors (Lipinski definition) is 3. The average molecular weight is 317 g/mol. The first-order chi connectivity index (χ1) is 8.13. The summed E-state index contributed by atoms with van der Waals surface area (Å²) in [6.07, 6.45) is 2.64. The van der Waals surface area contributed by atoms with Gasteiger partial charge in [0.1, 0.15) is 0 Å². The van der Waals surface area contributed by atoms with E-state index in [-0.39, 0.29) is 0 Å². The monoisotopic (exact) mass is 316 g/mol. The molecule has 1 fully saturated rings. The highest BCUT2D eigenvalue weighted by molar-refractivity contribution is 9.10.